The van der Waals surface area contributed by atoms with Crippen LogP contribution in [0.25, 0.3) is 0 Å². The second-order valence-corrected chi connectivity index (χ2v) is 6.72. The number of β-amino-alcohol motifs (C(OH)–C–C–N with tert-alkyl or cyclic N) is 1. The van der Waals surface area contributed by atoms with E-state index < -0.39 is 17.5 Å². The van der Waals surface area contributed by atoms with Crippen molar-refractivity contribution >= 4 is 11.8 Å². The van der Waals surface area contributed by atoms with Crippen LogP contribution in [0.5, 0.6) is 0 Å². The van der Waals surface area contributed by atoms with Crippen LogP contribution in [0.2, 0.25) is 0 Å². The minimum atomic E-state index is -1.15. The molecule has 2 aromatic rings. The topological polar surface area (TPSA) is 107 Å². The molecule has 7 nitrogen and oxygen atoms in total. The Morgan fingerprint density at radius 3 is 2.64 bits per heavy atom. The van der Waals surface area contributed by atoms with Crippen molar-refractivity contribution in [2.75, 3.05) is 24.6 Å². The molecule has 2 heterocycles. The van der Waals surface area contributed by atoms with Crippen LogP contribution in [0.1, 0.15) is 22.0 Å². The van der Waals surface area contributed by atoms with Gasteiger partial charge in [0.2, 0.25) is 0 Å². The Hall–Kier alpha value is -2.51. The van der Waals surface area contributed by atoms with E-state index in [1.54, 1.807) is 4.90 Å². The molecule has 0 radical (unpaired) electrons. The normalized spacial score (nSPS) is 30.6. The number of nitrogens with zero attached hydrogens (tertiary/aromatic N) is 3. The van der Waals surface area contributed by atoms with Crippen molar-refractivity contribution in [2.24, 2.45) is 11.3 Å². The van der Waals surface area contributed by atoms with Crippen molar-refractivity contribution in [1.82, 2.24) is 9.97 Å². The second-order valence-electron chi connectivity index (χ2n) is 6.72. The Labute approximate surface area is 144 Å². The standard InChI is InChI=1S/C18H19N3O4/c22-9-12-14(11-4-2-1-3-5-11)18(12)10-21(8-13(18)23)16-15(17(24)25)19-6-7-20-16/h1-7,12-14,22-23H,8-10H2,(H,24,25)/t12-,13-,14-,18-/m1/s1. The summed E-state index contributed by atoms with van der Waals surface area (Å²) in [6.07, 6.45) is 2.12. The molecule has 0 bridgehead atoms. The summed E-state index contributed by atoms with van der Waals surface area (Å²) in [7, 11) is 0. The molecule has 2 fully saturated rings. The molecule has 4 atom stereocenters. The number of aromatic carboxylic acids is 1. The lowest BCUT2D eigenvalue weighted by Crippen LogP contribution is -2.25. The number of carboxylic acid groups (broad SMARTS) is 1. The number of aliphatic hydroxyl groups is 2. The summed E-state index contributed by atoms with van der Waals surface area (Å²) in [5.74, 6) is -0.891. The van der Waals surface area contributed by atoms with E-state index in [-0.39, 0.29) is 36.5 Å². The molecular formula is C18H19N3O4. The monoisotopic (exact) mass is 341 g/mol. The lowest BCUT2D eigenvalue weighted by molar-refractivity contribution is 0.0690. The van der Waals surface area contributed by atoms with Crippen LogP contribution in [0.3, 0.4) is 0 Å². The van der Waals surface area contributed by atoms with E-state index in [4.69, 9.17) is 0 Å². The van der Waals surface area contributed by atoms with E-state index in [0.29, 0.717) is 6.54 Å². The number of anilines is 1. The lowest BCUT2D eigenvalue weighted by Gasteiger charge is -2.18. The van der Waals surface area contributed by atoms with Gasteiger partial charge in [0.1, 0.15) is 0 Å². The van der Waals surface area contributed by atoms with Gasteiger partial charge in [-0.3, -0.25) is 0 Å². The maximum Gasteiger partial charge on any atom is 0.358 e. The van der Waals surface area contributed by atoms with E-state index in [2.05, 4.69) is 9.97 Å². The van der Waals surface area contributed by atoms with Gasteiger partial charge in [0.05, 0.1) is 6.10 Å². The molecule has 0 unspecified atom stereocenters. The van der Waals surface area contributed by atoms with Crippen molar-refractivity contribution in [3.63, 3.8) is 0 Å². The first-order chi connectivity index (χ1) is 12.1. The van der Waals surface area contributed by atoms with Crippen molar-refractivity contribution < 1.29 is 20.1 Å². The first-order valence-electron chi connectivity index (χ1n) is 8.22. The van der Waals surface area contributed by atoms with Crippen LogP contribution >= 0.6 is 0 Å². The summed E-state index contributed by atoms with van der Waals surface area (Å²) in [6, 6.07) is 9.83. The van der Waals surface area contributed by atoms with Crippen LogP contribution in [-0.2, 0) is 0 Å². The zero-order valence-electron chi connectivity index (χ0n) is 13.5. The summed E-state index contributed by atoms with van der Waals surface area (Å²) in [5, 5.41) is 29.9. The zero-order valence-corrected chi connectivity index (χ0v) is 13.5. The van der Waals surface area contributed by atoms with E-state index in [1.165, 1.54) is 12.4 Å². The number of aliphatic hydroxyl groups excluding tert-OH is 2. The molecule has 3 N–H and O–H groups in total. The third-order valence-electron chi connectivity index (χ3n) is 5.58. The van der Waals surface area contributed by atoms with Crippen LogP contribution < -0.4 is 4.90 Å². The fourth-order valence-corrected chi connectivity index (χ4v) is 4.44. The third-order valence-corrected chi connectivity index (χ3v) is 5.58. The van der Waals surface area contributed by atoms with Gasteiger partial charge in [-0.1, -0.05) is 30.3 Å². The maximum atomic E-state index is 11.4. The van der Waals surface area contributed by atoms with Crippen molar-refractivity contribution in [3.8, 4) is 0 Å². The van der Waals surface area contributed by atoms with Gasteiger partial charge in [-0.15, -0.1) is 0 Å². The van der Waals surface area contributed by atoms with E-state index >= 15 is 0 Å². The highest BCUT2D eigenvalue weighted by molar-refractivity contribution is 5.91. The van der Waals surface area contributed by atoms with Crippen LogP contribution in [-0.4, -0.2) is 57.1 Å². The van der Waals surface area contributed by atoms with E-state index in [9.17, 15) is 20.1 Å². The highest BCUT2D eigenvalue weighted by Crippen LogP contribution is 2.68. The van der Waals surface area contributed by atoms with Gasteiger partial charge in [0.25, 0.3) is 0 Å². The van der Waals surface area contributed by atoms with E-state index in [0.717, 1.165) is 5.56 Å². The van der Waals surface area contributed by atoms with Crippen molar-refractivity contribution in [1.29, 1.82) is 0 Å². The number of rotatable bonds is 4. The quantitative estimate of drug-likeness (QED) is 0.753. The highest BCUT2D eigenvalue weighted by atomic mass is 16.4. The molecule has 0 amide bonds. The van der Waals surface area contributed by atoms with Gasteiger partial charge in [-0.2, -0.15) is 0 Å². The van der Waals surface area contributed by atoms with Gasteiger partial charge in [0, 0.05) is 37.5 Å². The summed E-state index contributed by atoms with van der Waals surface area (Å²) < 4.78 is 0. The van der Waals surface area contributed by atoms with Gasteiger partial charge >= 0.3 is 5.97 Å². The van der Waals surface area contributed by atoms with Gasteiger partial charge in [-0.25, -0.2) is 14.8 Å². The first-order valence-corrected chi connectivity index (χ1v) is 8.22. The molecule has 1 spiro atoms. The Balaban J connectivity index is 1.67. The molecule has 1 saturated heterocycles. The SMILES string of the molecule is O=C(O)c1nccnc1N1C[C@@H](O)[C@@]2(C1)[C@H](CO)[C@H]2c1ccccc1. The average molecular weight is 341 g/mol. The van der Waals surface area contributed by atoms with Crippen LogP contribution in [0.15, 0.2) is 42.7 Å². The summed E-state index contributed by atoms with van der Waals surface area (Å²) >= 11 is 0. The molecular weight excluding hydrogens is 322 g/mol. The second kappa shape index (κ2) is 5.79. The van der Waals surface area contributed by atoms with E-state index in [1.807, 2.05) is 30.3 Å². The largest absolute Gasteiger partial charge is 0.476 e. The number of benzene rings is 1. The number of hydrogen-bond donors (Lipinski definition) is 3. The molecule has 7 heteroatoms. The number of carbonyl (C=O) groups is 1. The van der Waals surface area contributed by atoms with Crippen LogP contribution in [0.4, 0.5) is 5.82 Å². The number of aromatic nitrogens is 2. The Kier molecular flexibility index (Phi) is 3.70. The molecule has 1 saturated carbocycles. The number of carboxylic acids is 1. The minimum absolute atomic E-state index is 0.0171. The summed E-state index contributed by atoms with van der Waals surface area (Å²) in [5.41, 5.74) is 0.480. The molecule has 1 aromatic carbocycles. The fraction of sp³-hybridized carbons (Fsp3) is 0.389. The first kappa shape index (κ1) is 16.0. The highest BCUT2D eigenvalue weighted by Gasteiger charge is 2.71. The predicted octanol–water partition coefficient (Wildman–Crippen LogP) is 0.748. The summed E-state index contributed by atoms with van der Waals surface area (Å²) in [6.45, 7) is 0.702. The minimum Gasteiger partial charge on any atom is -0.476 e. The third kappa shape index (κ3) is 2.31. The van der Waals surface area contributed by atoms with Gasteiger partial charge in [0.15, 0.2) is 11.5 Å². The van der Waals surface area contributed by atoms with Gasteiger partial charge in [-0.05, 0) is 17.4 Å². The number of hydrogen-bond acceptors (Lipinski definition) is 6. The molecule has 25 heavy (non-hydrogen) atoms. The molecule has 1 aromatic heterocycles. The maximum absolute atomic E-state index is 11.4. The molecule has 1 aliphatic carbocycles. The average Bonchev–Trinajstić information content (AvgIpc) is 3.17. The molecule has 130 valence electrons. The molecule has 2 aliphatic rings. The van der Waals surface area contributed by atoms with Crippen molar-refractivity contribution in [3.05, 3.63) is 54.0 Å². The lowest BCUT2D eigenvalue weighted by atomic mass is 9.95. The van der Waals surface area contributed by atoms with Gasteiger partial charge < -0.3 is 20.2 Å². The molecule has 1 aliphatic heterocycles. The smallest absolute Gasteiger partial charge is 0.358 e. The zero-order chi connectivity index (χ0) is 17.6. The van der Waals surface area contributed by atoms with Crippen LogP contribution in [0, 0.1) is 11.3 Å². The molecule has 4 rings (SSSR count). The Morgan fingerprint density at radius 2 is 1.96 bits per heavy atom. The Morgan fingerprint density at radius 1 is 1.24 bits per heavy atom. The Bertz CT molecular complexity index is 800. The summed E-state index contributed by atoms with van der Waals surface area (Å²) in [4.78, 5) is 21.2. The van der Waals surface area contributed by atoms with Crippen molar-refractivity contribution in [2.45, 2.75) is 12.0 Å². The fourth-order valence-electron chi connectivity index (χ4n) is 4.44. The predicted molar refractivity (Wildman–Crippen MR) is 89.4 cm³/mol.